The van der Waals surface area contributed by atoms with Gasteiger partial charge in [0.05, 0.1) is 5.75 Å². The van der Waals surface area contributed by atoms with E-state index in [0.29, 0.717) is 26.2 Å². The molecule has 1 aliphatic rings. The third-order valence-electron chi connectivity index (χ3n) is 4.17. The van der Waals surface area contributed by atoms with Gasteiger partial charge in [-0.25, -0.2) is 0 Å². The first-order valence-electron chi connectivity index (χ1n) is 8.25. The molecule has 1 saturated heterocycles. The highest BCUT2D eigenvalue weighted by Crippen LogP contribution is 2.25. The summed E-state index contributed by atoms with van der Waals surface area (Å²) in [5.74, 6) is -0.272. The monoisotopic (exact) mass is 411 g/mol. The smallest absolute Gasteiger partial charge is 0.353 e. The maximum Gasteiger partial charge on any atom is 0.405 e. The van der Waals surface area contributed by atoms with Crippen molar-refractivity contribution in [1.29, 1.82) is 0 Å². The molecule has 148 valence electrons. The molecule has 0 spiro atoms. The molecule has 9 heteroatoms. The largest absolute Gasteiger partial charge is 0.405 e. The Hall–Kier alpha value is -0.960. The fourth-order valence-electron chi connectivity index (χ4n) is 2.71. The summed E-state index contributed by atoms with van der Waals surface area (Å²) < 4.78 is 39.9. The van der Waals surface area contributed by atoms with Gasteiger partial charge in [0.1, 0.15) is 6.04 Å². The predicted octanol–water partition coefficient (Wildman–Crippen LogP) is 2.77. The lowest BCUT2D eigenvalue weighted by Gasteiger charge is -2.35. The van der Waals surface area contributed by atoms with Gasteiger partial charge >= 0.3 is 6.18 Å². The molecule has 1 fully saturated rings. The zero-order valence-corrected chi connectivity index (χ0v) is 16.5. The second-order valence-electron chi connectivity index (χ2n) is 6.21. The molecular weight excluding hydrogens is 387 g/mol. The molecular formula is C17H25ClF3N3OS. The minimum Gasteiger partial charge on any atom is -0.353 e. The molecule has 1 aromatic carbocycles. The van der Waals surface area contributed by atoms with Crippen molar-refractivity contribution in [2.75, 3.05) is 38.5 Å². The first-order valence-corrected chi connectivity index (χ1v) is 9.24. The van der Waals surface area contributed by atoms with E-state index in [1.165, 1.54) is 16.7 Å². The number of alkyl halides is 3. The van der Waals surface area contributed by atoms with E-state index in [2.05, 4.69) is 10.6 Å². The van der Waals surface area contributed by atoms with Crippen LogP contribution in [0.25, 0.3) is 0 Å². The van der Waals surface area contributed by atoms with Crippen molar-refractivity contribution in [3.63, 3.8) is 0 Å². The molecule has 0 aromatic heterocycles. The lowest BCUT2D eigenvalue weighted by molar-refractivity contribution is -0.183. The summed E-state index contributed by atoms with van der Waals surface area (Å²) in [5, 5.41) is 5.48. The van der Waals surface area contributed by atoms with Gasteiger partial charge in [0.25, 0.3) is 0 Å². The zero-order chi connectivity index (χ0) is 18.4. The molecule has 2 N–H and O–H groups in total. The molecule has 1 heterocycles. The average molecular weight is 412 g/mol. The van der Waals surface area contributed by atoms with Gasteiger partial charge in [-0.2, -0.15) is 13.2 Å². The number of rotatable bonds is 6. The predicted molar refractivity (Wildman–Crippen MR) is 101 cm³/mol. The van der Waals surface area contributed by atoms with Crippen molar-refractivity contribution in [2.24, 2.45) is 0 Å². The van der Waals surface area contributed by atoms with Crippen molar-refractivity contribution in [1.82, 2.24) is 15.5 Å². The highest BCUT2D eigenvalue weighted by atomic mass is 35.5. The number of amides is 1. The van der Waals surface area contributed by atoms with Crippen LogP contribution in [0.15, 0.2) is 23.1 Å². The van der Waals surface area contributed by atoms with Crippen LogP contribution in [0.2, 0.25) is 0 Å². The number of thioether (sulfide) groups is 1. The molecule has 0 saturated carbocycles. The second-order valence-corrected chi connectivity index (χ2v) is 7.22. The van der Waals surface area contributed by atoms with E-state index in [0.717, 1.165) is 16.0 Å². The molecule has 4 nitrogen and oxygen atoms in total. The maximum atomic E-state index is 13.3. The Morgan fingerprint density at radius 3 is 2.58 bits per heavy atom. The number of benzene rings is 1. The number of nitrogens with one attached hydrogen (secondary N) is 2. The van der Waals surface area contributed by atoms with E-state index in [4.69, 9.17) is 0 Å². The van der Waals surface area contributed by atoms with Gasteiger partial charge in [0.15, 0.2) is 0 Å². The zero-order valence-electron chi connectivity index (χ0n) is 14.9. The molecule has 0 radical (unpaired) electrons. The summed E-state index contributed by atoms with van der Waals surface area (Å²) in [4.78, 5) is 14.4. The highest BCUT2D eigenvalue weighted by Gasteiger charge is 2.43. The molecule has 1 aliphatic heterocycles. The number of hydrogen-bond acceptors (Lipinski definition) is 4. The van der Waals surface area contributed by atoms with E-state index >= 15 is 0 Å². The Bertz CT molecular complexity index is 595. The van der Waals surface area contributed by atoms with E-state index in [1.807, 2.05) is 32.0 Å². The molecule has 2 rings (SSSR count). The Kier molecular flexibility index (Phi) is 9.23. The van der Waals surface area contributed by atoms with Crippen LogP contribution in [-0.4, -0.2) is 61.5 Å². The molecule has 1 unspecified atom stereocenters. The van der Waals surface area contributed by atoms with Gasteiger partial charge < -0.3 is 10.6 Å². The Labute approximate surface area is 162 Å². The number of carbonyl (C=O) groups excluding carboxylic acids is 1. The van der Waals surface area contributed by atoms with Crippen molar-refractivity contribution >= 4 is 30.1 Å². The summed E-state index contributed by atoms with van der Waals surface area (Å²) in [5.41, 5.74) is 2.14. The van der Waals surface area contributed by atoms with E-state index in [-0.39, 0.29) is 24.1 Å². The summed E-state index contributed by atoms with van der Waals surface area (Å²) in [6.07, 6.45) is -4.36. The van der Waals surface area contributed by atoms with Crippen molar-refractivity contribution < 1.29 is 18.0 Å². The highest BCUT2D eigenvalue weighted by molar-refractivity contribution is 8.00. The lowest BCUT2D eigenvalue weighted by atomic mass is 10.2. The maximum absolute atomic E-state index is 13.3. The van der Waals surface area contributed by atoms with Crippen molar-refractivity contribution in [3.8, 4) is 0 Å². The van der Waals surface area contributed by atoms with Crippen molar-refractivity contribution in [3.05, 3.63) is 29.3 Å². The minimum absolute atomic E-state index is 0. The number of piperazine rings is 1. The minimum atomic E-state index is -4.36. The number of carbonyl (C=O) groups is 1. The SMILES string of the molecule is Cc1ccc(C)c(SCC(=O)NCC(N2CCNCC2)C(F)(F)F)c1.Cl. The fourth-order valence-corrected chi connectivity index (χ4v) is 3.67. The van der Waals surface area contributed by atoms with Gasteiger partial charge in [-0.3, -0.25) is 9.69 Å². The Morgan fingerprint density at radius 1 is 1.31 bits per heavy atom. The normalized spacial score (nSPS) is 16.7. The number of halogens is 4. The average Bonchev–Trinajstić information content (AvgIpc) is 2.55. The van der Waals surface area contributed by atoms with Crippen LogP contribution in [0.5, 0.6) is 0 Å². The van der Waals surface area contributed by atoms with Crippen LogP contribution in [0, 0.1) is 13.8 Å². The van der Waals surface area contributed by atoms with Crippen LogP contribution >= 0.6 is 24.2 Å². The van der Waals surface area contributed by atoms with Crippen molar-refractivity contribution in [2.45, 2.75) is 31.0 Å². The van der Waals surface area contributed by atoms with Crippen LogP contribution in [0.4, 0.5) is 13.2 Å². The Balaban J connectivity index is 0.00000338. The first kappa shape index (κ1) is 23.1. The van der Waals surface area contributed by atoms with Gasteiger partial charge in [0, 0.05) is 37.6 Å². The topological polar surface area (TPSA) is 44.4 Å². The van der Waals surface area contributed by atoms with Gasteiger partial charge in [-0.1, -0.05) is 17.7 Å². The molecule has 26 heavy (non-hydrogen) atoms. The van der Waals surface area contributed by atoms with Crippen LogP contribution in [0.1, 0.15) is 11.1 Å². The summed E-state index contributed by atoms with van der Waals surface area (Å²) in [7, 11) is 0. The number of aryl methyl sites for hydroxylation is 2. The first-order chi connectivity index (χ1) is 11.8. The third kappa shape index (κ3) is 6.98. The lowest BCUT2D eigenvalue weighted by Crippen LogP contribution is -2.57. The molecule has 1 aromatic rings. The molecule has 1 amide bonds. The van der Waals surface area contributed by atoms with Gasteiger partial charge in [0.2, 0.25) is 5.91 Å². The summed E-state index contributed by atoms with van der Waals surface area (Å²) in [6.45, 7) is 5.23. The van der Waals surface area contributed by atoms with E-state index in [9.17, 15) is 18.0 Å². The van der Waals surface area contributed by atoms with E-state index in [1.54, 1.807) is 0 Å². The molecule has 1 atom stereocenters. The molecule has 0 bridgehead atoms. The van der Waals surface area contributed by atoms with Gasteiger partial charge in [-0.15, -0.1) is 24.2 Å². The van der Waals surface area contributed by atoms with Crippen LogP contribution in [-0.2, 0) is 4.79 Å². The van der Waals surface area contributed by atoms with E-state index < -0.39 is 18.8 Å². The summed E-state index contributed by atoms with van der Waals surface area (Å²) >= 11 is 1.35. The fraction of sp³-hybridized carbons (Fsp3) is 0.588. The van der Waals surface area contributed by atoms with Gasteiger partial charge in [-0.05, 0) is 25.5 Å². The standard InChI is InChI=1S/C17H24F3N3OS.ClH/c1-12-3-4-13(2)14(9-12)25-11-16(24)22-10-15(17(18,19)20)23-7-5-21-6-8-23;/h3-4,9,15,21H,5-8,10-11H2,1-2H3,(H,22,24);1H. The second kappa shape index (κ2) is 10.4. The number of nitrogens with zero attached hydrogens (tertiary/aromatic N) is 1. The summed E-state index contributed by atoms with van der Waals surface area (Å²) in [6, 6.07) is 4.30. The Morgan fingerprint density at radius 2 is 1.96 bits per heavy atom. The third-order valence-corrected chi connectivity index (χ3v) is 5.32. The quantitative estimate of drug-likeness (QED) is 0.706. The molecule has 0 aliphatic carbocycles. The van der Waals surface area contributed by atoms with Crippen LogP contribution in [0.3, 0.4) is 0 Å². The number of hydrogen-bond donors (Lipinski definition) is 2. The van der Waals surface area contributed by atoms with Crippen LogP contribution < -0.4 is 10.6 Å².